The molecule has 0 aliphatic carbocycles. The van der Waals surface area contributed by atoms with E-state index < -0.39 is 35.4 Å². The molecule has 0 fully saturated rings. The molecule has 0 bridgehead atoms. The molecule has 184 valence electrons. The number of nitrogens with one attached hydrogen (secondary N) is 1. The Morgan fingerprint density at radius 3 is 2.34 bits per heavy atom. The number of amides is 3. The van der Waals surface area contributed by atoms with Gasteiger partial charge in [-0.3, -0.25) is 19.3 Å². The normalized spacial score (nSPS) is 11.8. The van der Waals surface area contributed by atoms with Crippen LogP contribution in [-0.4, -0.2) is 28.6 Å². The zero-order valence-electron chi connectivity index (χ0n) is 19.1. The Morgan fingerprint density at radius 2 is 1.77 bits per heavy atom. The maximum Gasteiger partial charge on any atom is 0.273 e. The monoisotopic (exact) mass is 501 g/mol. The lowest BCUT2D eigenvalue weighted by Crippen LogP contribution is -2.44. The molecule has 35 heavy (non-hydrogen) atoms. The van der Waals surface area contributed by atoms with E-state index >= 15 is 0 Å². The van der Waals surface area contributed by atoms with E-state index in [2.05, 4.69) is 9.69 Å². The van der Waals surface area contributed by atoms with Crippen LogP contribution in [0.1, 0.15) is 52.0 Å². The molecule has 0 saturated heterocycles. The van der Waals surface area contributed by atoms with Crippen LogP contribution in [0.5, 0.6) is 0 Å². The fourth-order valence-electron chi connectivity index (χ4n) is 3.39. The molecule has 5 N–H and O–H groups in total. The lowest BCUT2D eigenvalue weighted by atomic mass is 10.0. The number of primary amides is 1. The van der Waals surface area contributed by atoms with Crippen LogP contribution in [0.15, 0.2) is 48.5 Å². The van der Waals surface area contributed by atoms with Gasteiger partial charge in [0.05, 0.1) is 5.69 Å². The molecule has 3 rings (SSSR count). The highest BCUT2D eigenvalue weighted by molar-refractivity contribution is 7.09. The summed E-state index contributed by atoms with van der Waals surface area (Å²) in [5.41, 5.74) is 11.1. The van der Waals surface area contributed by atoms with Gasteiger partial charge in [-0.15, -0.1) is 0 Å². The first-order valence-electron chi connectivity index (χ1n) is 10.8. The third kappa shape index (κ3) is 5.99. The summed E-state index contributed by atoms with van der Waals surface area (Å²) in [4.78, 5) is 39.7. The van der Waals surface area contributed by atoms with E-state index in [1.54, 1.807) is 0 Å². The number of nitrogens with zero attached hydrogens (tertiary/aromatic N) is 2. The highest BCUT2D eigenvalue weighted by Gasteiger charge is 2.36. The van der Waals surface area contributed by atoms with E-state index in [0.29, 0.717) is 30.4 Å². The summed E-state index contributed by atoms with van der Waals surface area (Å²) in [6, 6.07) is 8.85. The smallest absolute Gasteiger partial charge is 0.273 e. The van der Waals surface area contributed by atoms with Crippen molar-refractivity contribution in [2.24, 2.45) is 11.7 Å². The minimum absolute atomic E-state index is 0.0526. The molecule has 3 amide bonds. The van der Waals surface area contributed by atoms with E-state index in [9.17, 15) is 23.2 Å². The number of hydrogen-bond donors (Lipinski definition) is 3. The molecule has 0 radical (unpaired) electrons. The van der Waals surface area contributed by atoms with Gasteiger partial charge in [0.15, 0.2) is 5.69 Å². The largest absolute Gasteiger partial charge is 0.395 e. The van der Waals surface area contributed by atoms with Crippen molar-refractivity contribution < 1.29 is 23.2 Å². The number of rotatable bonds is 9. The van der Waals surface area contributed by atoms with Crippen molar-refractivity contribution in [3.05, 3.63) is 76.3 Å². The second kappa shape index (κ2) is 11.0. The number of halogens is 2. The molecule has 0 saturated carbocycles. The lowest BCUT2D eigenvalue weighted by Gasteiger charge is -2.31. The van der Waals surface area contributed by atoms with Gasteiger partial charge in [-0.1, -0.05) is 32.0 Å². The predicted octanol–water partition coefficient (Wildman–Crippen LogP) is 3.65. The van der Waals surface area contributed by atoms with Crippen LogP contribution in [0, 0.1) is 17.6 Å². The molecular formula is C24H25F2N5O3S. The first kappa shape index (κ1) is 25.8. The number of anilines is 2. The van der Waals surface area contributed by atoms with Gasteiger partial charge in [-0.2, -0.15) is 4.37 Å². The van der Waals surface area contributed by atoms with Crippen LogP contribution in [-0.2, 0) is 4.79 Å². The molecular weight excluding hydrogens is 476 g/mol. The number of nitrogen functional groups attached to an aromatic ring is 1. The summed E-state index contributed by atoms with van der Waals surface area (Å²) in [5.74, 6) is -3.15. The molecule has 2 aromatic carbocycles. The van der Waals surface area contributed by atoms with Crippen LogP contribution < -0.4 is 21.7 Å². The van der Waals surface area contributed by atoms with Crippen molar-refractivity contribution in [3.8, 4) is 0 Å². The molecule has 0 aliphatic heterocycles. The van der Waals surface area contributed by atoms with E-state index in [0.717, 1.165) is 23.1 Å². The van der Waals surface area contributed by atoms with E-state index in [1.807, 2.05) is 13.8 Å². The van der Waals surface area contributed by atoms with Gasteiger partial charge >= 0.3 is 0 Å². The maximum absolute atomic E-state index is 14.2. The Bertz CT molecular complexity index is 1230. The molecule has 8 nitrogen and oxygen atoms in total. The second-order valence-electron chi connectivity index (χ2n) is 8.22. The first-order chi connectivity index (χ1) is 16.6. The standard InChI is InChI=1S/C24H25F2N5O3S/c1-13(2)10-11-29-23(33)20(14-6-8-15(25)9-7-14)31(17-5-3-4-16(26)12-17)24(34)21-18(27)19(22(28)32)30-35-21/h3-9,12-13,20H,10-11,27H2,1-2H3,(H2,28,32)(H,29,33)/t20-/m1/s1. The van der Waals surface area contributed by atoms with Crippen LogP contribution in [0.2, 0.25) is 0 Å². The predicted molar refractivity (Wildman–Crippen MR) is 130 cm³/mol. The first-order valence-corrected chi connectivity index (χ1v) is 11.5. The van der Waals surface area contributed by atoms with Gasteiger partial charge in [-0.05, 0) is 59.8 Å². The number of nitrogens with two attached hydrogens (primary N) is 2. The summed E-state index contributed by atoms with van der Waals surface area (Å²) in [7, 11) is 0. The average Bonchev–Trinajstić information content (AvgIpc) is 3.19. The summed E-state index contributed by atoms with van der Waals surface area (Å²) in [6.45, 7) is 4.32. The van der Waals surface area contributed by atoms with E-state index in [-0.39, 0.29) is 27.5 Å². The van der Waals surface area contributed by atoms with Crippen LogP contribution in [0.4, 0.5) is 20.2 Å². The van der Waals surface area contributed by atoms with Crippen molar-refractivity contribution in [3.63, 3.8) is 0 Å². The molecule has 1 aromatic heterocycles. The molecule has 0 unspecified atom stereocenters. The molecule has 1 atom stereocenters. The van der Waals surface area contributed by atoms with Gasteiger partial charge in [0.1, 0.15) is 22.6 Å². The average molecular weight is 502 g/mol. The third-order valence-corrected chi connectivity index (χ3v) is 6.02. The SMILES string of the molecule is CC(C)CCNC(=O)[C@@H](c1ccc(F)cc1)N(C(=O)c1snc(C(N)=O)c1N)c1cccc(F)c1. The number of carbonyl (C=O) groups excluding carboxylic acids is 3. The zero-order chi connectivity index (χ0) is 25.7. The molecule has 3 aromatic rings. The minimum atomic E-state index is -1.31. The highest BCUT2D eigenvalue weighted by Crippen LogP contribution is 2.33. The van der Waals surface area contributed by atoms with Crippen molar-refractivity contribution in [1.82, 2.24) is 9.69 Å². The van der Waals surface area contributed by atoms with E-state index in [1.165, 1.54) is 30.3 Å². The number of carbonyl (C=O) groups is 3. The fourth-order valence-corrected chi connectivity index (χ4v) is 4.13. The van der Waals surface area contributed by atoms with E-state index in [4.69, 9.17) is 11.5 Å². The summed E-state index contributed by atoms with van der Waals surface area (Å²) >= 11 is 0.636. The topological polar surface area (TPSA) is 131 Å². The Morgan fingerprint density at radius 1 is 1.09 bits per heavy atom. The summed E-state index contributed by atoms with van der Waals surface area (Å²) in [5, 5.41) is 2.80. The maximum atomic E-state index is 14.2. The van der Waals surface area contributed by atoms with Gasteiger partial charge in [0.2, 0.25) is 5.91 Å². The summed E-state index contributed by atoms with van der Waals surface area (Å²) in [6.07, 6.45) is 0.680. The Labute approximate surface area is 205 Å². The van der Waals surface area contributed by atoms with Gasteiger partial charge in [0.25, 0.3) is 11.8 Å². The second-order valence-corrected chi connectivity index (χ2v) is 8.99. The van der Waals surface area contributed by atoms with Gasteiger partial charge < -0.3 is 16.8 Å². The Hall–Kier alpha value is -3.86. The summed E-state index contributed by atoms with van der Waals surface area (Å²) < 4.78 is 31.7. The van der Waals surface area contributed by atoms with Crippen molar-refractivity contribution in [2.45, 2.75) is 26.3 Å². The van der Waals surface area contributed by atoms with Gasteiger partial charge in [-0.25, -0.2) is 8.78 Å². The molecule has 11 heteroatoms. The van der Waals surface area contributed by atoms with Crippen molar-refractivity contribution >= 4 is 40.6 Å². The van der Waals surface area contributed by atoms with Crippen LogP contribution in [0.25, 0.3) is 0 Å². The number of aromatic nitrogens is 1. The fraction of sp³-hybridized carbons (Fsp3) is 0.250. The highest BCUT2D eigenvalue weighted by atomic mass is 32.1. The van der Waals surface area contributed by atoms with Crippen molar-refractivity contribution in [1.29, 1.82) is 0 Å². The Kier molecular flexibility index (Phi) is 8.13. The Balaban J connectivity index is 2.16. The zero-order valence-corrected chi connectivity index (χ0v) is 19.9. The van der Waals surface area contributed by atoms with Crippen molar-refractivity contribution in [2.75, 3.05) is 17.2 Å². The number of benzene rings is 2. The minimum Gasteiger partial charge on any atom is -0.395 e. The third-order valence-electron chi connectivity index (χ3n) is 5.17. The lowest BCUT2D eigenvalue weighted by molar-refractivity contribution is -0.122. The number of hydrogen-bond acceptors (Lipinski definition) is 6. The van der Waals surface area contributed by atoms with Crippen LogP contribution in [0.3, 0.4) is 0 Å². The molecule has 0 spiro atoms. The molecule has 0 aliphatic rings. The quantitative estimate of drug-likeness (QED) is 0.412. The van der Waals surface area contributed by atoms with Gasteiger partial charge in [0, 0.05) is 12.2 Å². The van der Waals surface area contributed by atoms with Crippen LogP contribution >= 0.6 is 11.5 Å². The molecule has 1 heterocycles.